The number of hydrogen-bond acceptors (Lipinski definition) is 15. The summed E-state index contributed by atoms with van der Waals surface area (Å²) < 4.78 is 88.1. The minimum Gasteiger partial charge on any atom is -1.00 e. The van der Waals surface area contributed by atoms with Gasteiger partial charge in [-0.05, 0) is 49.9 Å². The van der Waals surface area contributed by atoms with Gasteiger partial charge in [0.15, 0.2) is 0 Å². The summed E-state index contributed by atoms with van der Waals surface area (Å²) in [6.45, 7) is 1.59. The summed E-state index contributed by atoms with van der Waals surface area (Å²) in [5.74, 6) is -3.83. The van der Waals surface area contributed by atoms with Gasteiger partial charge in [0.25, 0.3) is 11.4 Å². The molecule has 2 unspecified atom stereocenters. The average Bonchev–Trinajstić information content (AvgIpc) is 3.13. The zero-order valence-corrected chi connectivity index (χ0v) is 41.6. The van der Waals surface area contributed by atoms with E-state index in [1.807, 2.05) is 42.3 Å². The number of rotatable bonds is 26. The van der Waals surface area contributed by atoms with E-state index in [0.29, 0.717) is 60.6 Å². The summed E-state index contributed by atoms with van der Waals surface area (Å²) in [5, 5.41) is 29.2. The van der Waals surface area contributed by atoms with E-state index < -0.39 is 55.3 Å². The largest absolute Gasteiger partial charge is 2.00 e. The molecule has 2 aromatic carbocycles. The summed E-state index contributed by atoms with van der Waals surface area (Å²) in [5.41, 5.74) is -0.394. The molecule has 2 aromatic rings. The Balaban J connectivity index is -0.000000446. The van der Waals surface area contributed by atoms with Crippen molar-refractivity contribution in [2.24, 2.45) is 0 Å². The van der Waals surface area contributed by atoms with Gasteiger partial charge in [-0.3, -0.25) is 47.9 Å². The van der Waals surface area contributed by atoms with E-state index in [-0.39, 0.29) is 114 Å². The van der Waals surface area contributed by atoms with Crippen LogP contribution in [-0.4, -0.2) is 177 Å². The topological polar surface area (TPSA) is 288 Å². The number of unbranched alkanes of at least 4 members (excludes halogenated alkanes) is 4. The maximum Gasteiger partial charge on any atom is 2.00 e. The number of ether oxygens (including phenoxy) is 2. The molecule has 0 aromatic heterocycles. The number of carbonyl (C=O) groups is 3. The number of phosphoric ester groups is 2. The van der Waals surface area contributed by atoms with Crippen LogP contribution in [0.5, 0.6) is 11.5 Å². The van der Waals surface area contributed by atoms with Gasteiger partial charge in [-0.25, -0.2) is 13.9 Å². The number of likely N-dealkylation sites (N-methyl/N-ethyl adjacent to an activating group) is 2. The van der Waals surface area contributed by atoms with E-state index in [0.717, 1.165) is 24.3 Å². The van der Waals surface area contributed by atoms with Gasteiger partial charge in [-0.15, -0.1) is 0 Å². The Labute approximate surface area is 417 Å². The van der Waals surface area contributed by atoms with Crippen molar-refractivity contribution in [3.63, 3.8) is 0 Å². The smallest absolute Gasteiger partial charge is 1.00 e. The molecule has 2 atom stereocenters. The maximum absolute atomic E-state index is 11.8. The average molecular weight is 1040 g/mol. The number of non-ortho nitro benzene ring substituents is 2. The predicted molar refractivity (Wildman–Crippen MR) is 230 cm³/mol. The first-order valence-electron chi connectivity index (χ1n) is 19.0. The number of phosphoric acid groups is 2. The normalized spacial score (nSPS) is 12.8. The van der Waals surface area contributed by atoms with E-state index in [9.17, 15) is 66.7 Å². The molecule has 0 saturated heterocycles. The molecule has 0 fully saturated rings. The molecule has 29 heteroatoms. The third-order valence-corrected chi connectivity index (χ3v) is 9.41. The monoisotopic (exact) mass is 1040 g/mol. The second-order valence-corrected chi connectivity index (χ2v) is 18.1. The number of aliphatic carboxylic acids is 1. The van der Waals surface area contributed by atoms with Crippen molar-refractivity contribution in [2.45, 2.75) is 65.0 Å². The minimum absolute atomic E-state index is 0. The van der Waals surface area contributed by atoms with Crippen LogP contribution in [-0.2, 0) is 41.6 Å². The molecule has 0 aliphatic heterocycles. The molecular formula is C37H61CaClF3N4O18P2+3. The predicted octanol–water partition coefficient (Wildman–Crippen LogP) is 3.69. The Hall–Kier alpha value is -2.87. The van der Waals surface area contributed by atoms with Gasteiger partial charge in [-0.1, -0.05) is 20.3 Å². The van der Waals surface area contributed by atoms with E-state index >= 15 is 0 Å². The summed E-state index contributed by atoms with van der Waals surface area (Å²) in [4.78, 5) is 70.8. The standard InChI is InChI=1S/C17H27N2O8P.C11H24NO6P.C8H4F3NO4.CH4.Ca.ClH/c1-19(2,3)12-14-26-28(23,24)25-13-6-4-5-7-17(20)27-16-10-8-15(9-11-16)18(21)22;1-12(2,3)8-10-18-19(15,16)17-9-6-4-5-7-11(13)14;9-8(10,11)7(13)16-6-3-1-5(2-4-6)12(14)15;;;/h8-11H,4-7,12-14H2,1-3H3;4-10H2,1-3H3,(H-,13,14,15,16);1-4H;1H4;;1H/q;;;;+2;/p+1. The first-order chi connectivity index (χ1) is 28.9. The number of carboxylic acid groups (broad SMARTS) is 1. The third-order valence-electron chi connectivity index (χ3n) is 7.37. The van der Waals surface area contributed by atoms with E-state index in [1.165, 1.54) is 24.3 Å². The molecule has 0 heterocycles. The molecule has 3 N–H and O–H groups in total. The summed E-state index contributed by atoms with van der Waals surface area (Å²) in [6, 6.07) is 8.91. The van der Waals surface area contributed by atoms with E-state index in [4.69, 9.17) is 27.9 Å². The second-order valence-electron chi connectivity index (χ2n) is 15.2. The number of quaternary nitrogens is 2. The Morgan fingerprint density at radius 2 is 0.955 bits per heavy atom. The van der Waals surface area contributed by atoms with Crippen LogP contribution < -0.4 is 21.9 Å². The molecular weight excluding hydrogens is 983 g/mol. The van der Waals surface area contributed by atoms with Crippen LogP contribution in [0.25, 0.3) is 0 Å². The van der Waals surface area contributed by atoms with Gasteiger partial charge in [0.05, 0.1) is 65.3 Å². The van der Waals surface area contributed by atoms with Crippen LogP contribution in [0.4, 0.5) is 24.5 Å². The summed E-state index contributed by atoms with van der Waals surface area (Å²) in [6.07, 6.45) is -1.49. The number of carboxylic acids is 1. The van der Waals surface area contributed by atoms with Crippen molar-refractivity contribution in [3.8, 4) is 11.5 Å². The van der Waals surface area contributed by atoms with Gasteiger partial charge in [0, 0.05) is 37.1 Å². The second kappa shape index (κ2) is 34.4. The van der Waals surface area contributed by atoms with E-state index in [2.05, 4.69) is 4.74 Å². The quantitative estimate of drug-likeness (QED) is 0.0177. The van der Waals surface area contributed by atoms with Gasteiger partial charge in [-0.2, -0.15) is 13.2 Å². The van der Waals surface area contributed by atoms with Crippen molar-refractivity contribution in [1.29, 1.82) is 0 Å². The molecule has 0 saturated carbocycles. The number of hydrogen-bond donors (Lipinski definition) is 3. The number of nitrogens with zero attached hydrogens (tertiary/aromatic N) is 4. The minimum atomic E-state index is -5.10. The van der Waals surface area contributed by atoms with Crippen molar-refractivity contribution in [1.82, 2.24) is 0 Å². The van der Waals surface area contributed by atoms with Crippen molar-refractivity contribution in [3.05, 3.63) is 68.8 Å². The number of halogens is 4. The van der Waals surface area contributed by atoms with Gasteiger partial charge in [0.2, 0.25) is 0 Å². The first kappa shape index (κ1) is 69.7. The van der Waals surface area contributed by atoms with Crippen molar-refractivity contribution >= 4 is 82.7 Å². The van der Waals surface area contributed by atoms with Crippen LogP contribution in [0.2, 0.25) is 0 Å². The molecule has 0 radical (unpaired) electrons. The Morgan fingerprint density at radius 1 is 0.621 bits per heavy atom. The first-order valence-corrected chi connectivity index (χ1v) is 22.0. The summed E-state index contributed by atoms with van der Waals surface area (Å²) in [7, 11) is 3.67. The number of nitro benzene ring substituents is 2. The van der Waals surface area contributed by atoms with Crippen LogP contribution in [0.1, 0.15) is 58.8 Å². The molecule has 374 valence electrons. The van der Waals surface area contributed by atoms with E-state index in [1.54, 1.807) is 0 Å². The fraction of sp³-hybridized carbons (Fsp3) is 0.595. The molecule has 0 bridgehead atoms. The van der Waals surface area contributed by atoms with Crippen molar-refractivity contribution in [2.75, 3.05) is 81.8 Å². The van der Waals surface area contributed by atoms with Crippen LogP contribution in [0.15, 0.2) is 48.5 Å². The summed E-state index contributed by atoms with van der Waals surface area (Å²) >= 11 is 0. The SMILES string of the molecule is C.C[N+](C)(C)CCOP(=O)(O)OCCCCCC(=O)O.C[N+](C)(C)CCOP(=O)(O)OCCCCCC(=O)Oc1ccc([N+](=O)[O-])cc1.O=C(Oc1ccc([N+](=O)[O-])cc1)C(F)(F)F.[Ca+2].[Cl-]. The zero-order chi connectivity index (χ0) is 48.5. The zero-order valence-electron chi connectivity index (χ0n) is 36.9. The van der Waals surface area contributed by atoms with Gasteiger partial charge in [0.1, 0.15) is 37.8 Å². The number of benzene rings is 2. The molecule has 66 heavy (non-hydrogen) atoms. The Kier molecular flexibility index (Phi) is 36.3. The van der Waals surface area contributed by atoms with Crippen molar-refractivity contribution < 1.29 is 110 Å². The maximum atomic E-state index is 11.8. The number of nitro groups is 2. The van der Waals surface area contributed by atoms with Crippen LogP contribution in [0, 0.1) is 20.2 Å². The molecule has 0 amide bonds. The third kappa shape index (κ3) is 39.2. The fourth-order valence-electron chi connectivity index (χ4n) is 4.02. The molecule has 22 nitrogen and oxygen atoms in total. The Morgan fingerprint density at radius 3 is 1.27 bits per heavy atom. The van der Waals surface area contributed by atoms with Crippen LogP contribution >= 0.6 is 15.6 Å². The van der Waals surface area contributed by atoms with Gasteiger partial charge < -0.3 is 45.7 Å². The fourth-order valence-corrected chi connectivity index (χ4v) is 5.51. The molecule has 0 aliphatic carbocycles. The Bertz CT molecular complexity index is 1840. The van der Waals surface area contributed by atoms with Crippen LogP contribution in [0.3, 0.4) is 0 Å². The van der Waals surface area contributed by atoms with Gasteiger partial charge >= 0.3 is 77.5 Å². The molecule has 0 spiro atoms. The number of carbonyl (C=O) groups excluding carboxylic acids is 2. The molecule has 2 rings (SSSR count). The molecule has 0 aliphatic rings. The number of alkyl halides is 3. The number of esters is 2.